The lowest BCUT2D eigenvalue weighted by Gasteiger charge is -2.58. The highest BCUT2D eigenvalue weighted by atomic mass is 16.1. The minimum Gasteiger partial charge on any atom is -0.295 e. The molecule has 1 nitrogen and oxygen atoms in total. The Balaban J connectivity index is 1.48. The van der Waals surface area contributed by atoms with E-state index < -0.39 is 0 Å². The van der Waals surface area contributed by atoms with Crippen molar-refractivity contribution >= 4 is 5.78 Å². The maximum absolute atomic E-state index is 12.1. The SMILES string of the molecule is CC[C@H](CC[C@@H](C)[C@@H]1CC[C@@H]2[C@@H]3CCC4=CC(=O)CC[C@@]4(C)[C@@H]3CC[C@]21C)C(C)C. The Morgan fingerprint density at radius 3 is 2.43 bits per heavy atom. The lowest BCUT2D eigenvalue weighted by molar-refractivity contribution is -0.117. The summed E-state index contributed by atoms with van der Waals surface area (Å²) in [6.45, 7) is 15.0. The number of fused-ring (bicyclic) bond motifs is 5. The normalized spacial score (nSPS) is 42.9. The van der Waals surface area contributed by atoms with Crippen molar-refractivity contribution in [3.63, 3.8) is 0 Å². The molecule has 0 aliphatic heterocycles. The quantitative estimate of drug-likeness (QED) is 0.429. The summed E-state index contributed by atoms with van der Waals surface area (Å²) in [5.74, 6) is 6.63. The smallest absolute Gasteiger partial charge is 0.155 e. The summed E-state index contributed by atoms with van der Waals surface area (Å²) in [6.07, 6.45) is 16.5. The van der Waals surface area contributed by atoms with Gasteiger partial charge in [0.1, 0.15) is 0 Å². The van der Waals surface area contributed by atoms with Crippen LogP contribution in [0.1, 0.15) is 112 Å². The molecule has 30 heavy (non-hydrogen) atoms. The molecule has 0 aromatic rings. The molecule has 0 spiro atoms. The van der Waals surface area contributed by atoms with E-state index in [0.717, 1.165) is 54.3 Å². The summed E-state index contributed by atoms with van der Waals surface area (Å²) in [5.41, 5.74) is 2.42. The van der Waals surface area contributed by atoms with Gasteiger partial charge in [0.05, 0.1) is 0 Å². The molecule has 0 aromatic carbocycles. The maximum atomic E-state index is 12.1. The molecule has 170 valence electrons. The molecule has 8 atom stereocenters. The predicted molar refractivity (Wildman–Crippen MR) is 127 cm³/mol. The van der Waals surface area contributed by atoms with Gasteiger partial charge in [0.25, 0.3) is 0 Å². The fourth-order valence-corrected chi connectivity index (χ4v) is 9.22. The van der Waals surface area contributed by atoms with E-state index in [2.05, 4.69) is 47.6 Å². The molecule has 0 heterocycles. The van der Waals surface area contributed by atoms with Crippen LogP contribution in [0, 0.1) is 52.3 Å². The fraction of sp³-hybridized carbons (Fsp3) is 0.897. The van der Waals surface area contributed by atoms with Gasteiger partial charge in [0, 0.05) is 6.42 Å². The molecule has 3 saturated carbocycles. The molecule has 0 aromatic heterocycles. The van der Waals surface area contributed by atoms with Crippen molar-refractivity contribution in [1.29, 1.82) is 0 Å². The largest absolute Gasteiger partial charge is 0.295 e. The van der Waals surface area contributed by atoms with E-state index in [4.69, 9.17) is 0 Å². The van der Waals surface area contributed by atoms with Gasteiger partial charge >= 0.3 is 0 Å². The van der Waals surface area contributed by atoms with Gasteiger partial charge in [-0.05, 0) is 110 Å². The number of allylic oxidation sites excluding steroid dienone is 1. The summed E-state index contributed by atoms with van der Waals surface area (Å²) in [5, 5.41) is 0. The average molecular weight is 413 g/mol. The minimum absolute atomic E-state index is 0.327. The van der Waals surface area contributed by atoms with Gasteiger partial charge in [-0.1, -0.05) is 60.0 Å². The van der Waals surface area contributed by atoms with Crippen LogP contribution in [0.4, 0.5) is 0 Å². The van der Waals surface area contributed by atoms with Gasteiger partial charge < -0.3 is 0 Å². The van der Waals surface area contributed by atoms with Crippen molar-refractivity contribution in [2.75, 3.05) is 0 Å². The molecule has 0 saturated heterocycles. The highest BCUT2D eigenvalue weighted by molar-refractivity contribution is 5.91. The molecule has 3 fully saturated rings. The summed E-state index contributed by atoms with van der Waals surface area (Å²) in [7, 11) is 0. The molecule has 0 N–H and O–H groups in total. The van der Waals surface area contributed by atoms with Crippen molar-refractivity contribution in [3.05, 3.63) is 11.6 Å². The number of carbonyl (C=O) groups is 1. The van der Waals surface area contributed by atoms with Crippen molar-refractivity contribution in [3.8, 4) is 0 Å². The second-order valence-corrected chi connectivity index (χ2v) is 12.7. The average Bonchev–Trinajstić information content (AvgIpc) is 3.06. The fourth-order valence-electron chi connectivity index (χ4n) is 9.22. The summed E-state index contributed by atoms with van der Waals surface area (Å²) >= 11 is 0. The Labute approximate surface area is 186 Å². The van der Waals surface area contributed by atoms with Crippen LogP contribution in [-0.2, 0) is 4.79 Å². The molecule has 4 aliphatic rings. The second-order valence-electron chi connectivity index (χ2n) is 12.7. The number of carbonyl (C=O) groups excluding carboxylic acids is 1. The molecule has 0 radical (unpaired) electrons. The van der Waals surface area contributed by atoms with Crippen LogP contribution in [0.3, 0.4) is 0 Å². The Kier molecular flexibility index (Phi) is 6.33. The molecule has 0 unspecified atom stereocenters. The standard InChI is InChI=1S/C29H48O/c1-7-21(19(2)3)9-8-20(4)25-12-13-26-24-11-10-22-18-23(30)14-16-28(22,5)27(24)15-17-29(25,26)6/h18-21,24-27H,7-17H2,1-6H3/t20-,21-,24+,25+,26-,27-,28-,29+/m1/s1. The highest BCUT2D eigenvalue weighted by Gasteiger charge is 2.59. The van der Waals surface area contributed by atoms with Gasteiger partial charge in [-0.15, -0.1) is 0 Å². The van der Waals surface area contributed by atoms with Crippen molar-refractivity contribution in [1.82, 2.24) is 0 Å². The first-order valence-corrected chi connectivity index (χ1v) is 13.4. The van der Waals surface area contributed by atoms with Crippen molar-refractivity contribution in [2.45, 2.75) is 112 Å². The van der Waals surface area contributed by atoms with Crippen LogP contribution in [0.15, 0.2) is 11.6 Å². The summed E-state index contributed by atoms with van der Waals surface area (Å²) in [6, 6.07) is 0. The van der Waals surface area contributed by atoms with Gasteiger partial charge in [-0.25, -0.2) is 0 Å². The zero-order valence-electron chi connectivity index (χ0n) is 20.8. The molecule has 0 bridgehead atoms. The Morgan fingerprint density at radius 2 is 1.73 bits per heavy atom. The monoisotopic (exact) mass is 412 g/mol. The third kappa shape index (κ3) is 3.65. The van der Waals surface area contributed by atoms with Crippen LogP contribution >= 0.6 is 0 Å². The van der Waals surface area contributed by atoms with Crippen molar-refractivity contribution in [2.24, 2.45) is 52.3 Å². The van der Waals surface area contributed by atoms with E-state index >= 15 is 0 Å². The number of ketones is 1. The molecule has 4 rings (SSSR count). The molecular formula is C29H48O. The molecular weight excluding hydrogens is 364 g/mol. The summed E-state index contributed by atoms with van der Waals surface area (Å²) in [4.78, 5) is 12.1. The predicted octanol–water partition coefficient (Wildman–Crippen LogP) is 8.23. The topological polar surface area (TPSA) is 17.1 Å². The molecule has 4 aliphatic carbocycles. The first kappa shape index (κ1) is 22.6. The second kappa shape index (κ2) is 8.40. The van der Waals surface area contributed by atoms with Crippen LogP contribution < -0.4 is 0 Å². The van der Waals surface area contributed by atoms with Crippen LogP contribution in [-0.4, -0.2) is 5.78 Å². The van der Waals surface area contributed by atoms with E-state index in [9.17, 15) is 4.79 Å². The number of hydrogen-bond donors (Lipinski definition) is 0. The number of hydrogen-bond acceptors (Lipinski definition) is 1. The summed E-state index contributed by atoms with van der Waals surface area (Å²) < 4.78 is 0. The van der Waals surface area contributed by atoms with E-state index in [1.807, 2.05) is 0 Å². The highest BCUT2D eigenvalue weighted by Crippen LogP contribution is 2.67. The van der Waals surface area contributed by atoms with E-state index in [0.29, 0.717) is 16.6 Å². The Hall–Kier alpha value is -0.590. The first-order valence-electron chi connectivity index (χ1n) is 13.4. The van der Waals surface area contributed by atoms with Crippen LogP contribution in [0.25, 0.3) is 0 Å². The van der Waals surface area contributed by atoms with Crippen molar-refractivity contribution < 1.29 is 4.79 Å². The Bertz CT molecular complexity index is 674. The minimum atomic E-state index is 0.327. The zero-order valence-corrected chi connectivity index (χ0v) is 20.8. The molecule has 1 heteroatoms. The molecule has 0 amide bonds. The lowest BCUT2D eigenvalue weighted by atomic mass is 9.46. The lowest BCUT2D eigenvalue weighted by Crippen LogP contribution is -2.51. The first-order chi connectivity index (χ1) is 14.2. The number of rotatable bonds is 6. The van der Waals surface area contributed by atoms with Crippen LogP contribution in [0.2, 0.25) is 0 Å². The van der Waals surface area contributed by atoms with E-state index in [-0.39, 0.29) is 0 Å². The Morgan fingerprint density at radius 1 is 0.967 bits per heavy atom. The zero-order chi connectivity index (χ0) is 21.7. The van der Waals surface area contributed by atoms with Gasteiger partial charge in [-0.3, -0.25) is 4.79 Å². The third-order valence-corrected chi connectivity index (χ3v) is 11.2. The third-order valence-electron chi connectivity index (χ3n) is 11.2. The van der Waals surface area contributed by atoms with E-state index in [1.165, 1.54) is 63.4 Å². The maximum Gasteiger partial charge on any atom is 0.155 e. The van der Waals surface area contributed by atoms with Gasteiger partial charge in [0.15, 0.2) is 5.78 Å². The van der Waals surface area contributed by atoms with E-state index in [1.54, 1.807) is 0 Å². The van der Waals surface area contributed by atoms with Crippen LogP contribution in [0.5, 0.6) is 0 Å². The van der Waals surface area contributed by atoms with Gasteiger partial charge in [-0.2, -0.15) is 0 Å². The van der Waals surface area contributed by atoms with Gasteiger partial charge in [0.2, 0.25) is 0 Å².